The first-order valence-electron chi connectivity index (χ1n) is 7.97. The minimum Gasteiger partial charge on any atom is -0.355 e. The first-order chi connectivity index (χ1) is 12.2. The predicted molar refractivity (Wildman–Crippen MR) is 101 cm³/mol. The van der Waals surface area contributed by atoms with Crippen molar-refractivity contribution in [1.82, 2.24) is 5.32 Å². The molecule has 2 N–H and O–H groups in total. The summed E-state index contributed by atoms with van der Waals surface area (Å²) in [5.74, 6) is -0.529. The molecule has 3 aromatic rings. The molecule has 0 bridgehead atoms. The number of anilines is 1. The Morgan fingerprint density at radius 2 is 1.60 bits per heavy atom. The highest BCUT2D eigenvalue weighted by molar-refractivity contribution is 6.08. The van der Waals surface area contributed by atoms with Gasteiger partial charge in [0.05, 0.1) is 11.3 Å². The van der Waals surface area contributed by atoms with Gasteiger partial charge in [0.1, 0.15) is 0 Å². The van der Waals surface area contributed by atoms with Crippen LogP contribution in [0, 0.1) is 0 Å². The molecule has 0 fully saturated rings. The van der Waals surface area contributed by atoms with Gasteiger partial charge in [0.25, 0.3) is 5.91 Å². The van der Waals surface area contributed by atoms with Crippen molar-refractivity contribution in [3.05, 3.63) is 83.9 Å². The fourth-order valence-corrected chi connectivity index (χ4v) is 2.66. The van der Waals surface area contributed by atoms with Crippen molar-refractivity contribution in [2.75, 3.05) is 12.4 Å². The zero-order chi connectivity index (χ0) is 17.6. The third kappa shape index (κ3) is 3.75. The van der Waals surface area contributed by atoms with Gasteiger partial charge in [-0.2, -0.15) is 0 Å². The van der Waals surface area contributed by atoms with Gasteiger partial charge in [-0.1, -0.05) is 54.6 Å². The molecule has 0 radical (unpaired) electrons. The molecule has 0 saturated heterocycles. The molecule has 0 aliphatic rings. The Hall–Kier alpha value is -3.40. The highest BCUT2D eigenvalue weighted by Gasteiger charge is 2.10. The molecular weight excluding hydrogens is 312 g/mol. The minimum atomic E-state index is -0.288. The Balaban J connectivity index is 1.81. The van der Waals surface area contributed by atoms with Crippen molar-refractivity contribution in [1.29, 1.82) is 0 Å². The van der Waals surface area contributed by atoms with Gasteiger partial charge in [-0.25, -0.2) is 0 Å². The van der Waals surface area contributed by atoms with Crippen LogP contribution in [0.1, 0.15) is 15.9 Å². The molecule has 0 saturated carbocycles. The molecule has 0 aromatic heterocycles. The summed E-state index contributed by atoms with van der Waals surface area (Å²) in [7, 11) is 1.56. The van der Waals surface area contributed by atoms with E-state index in [-0.39, 0.29) is 11.8 Å². The van der Waals surface area contributed by atoms with Gasteiger partial charge in [0.2, 0.25) is 5.91 Å². The lowest BCUT2D eigenvalue weighted by Crippen LogP contribution is -2.20. The standard InChI is InChI=1S/C21H18N2O2/c1-22-21(25)18-11-4-5-12-19(18)23-20(24)14-13-16-9-6-8-15-7-2-3-10-17(15)16/h2-14H,1H3,(H,22,25)(H,23,24)/b14-13+. The Labute approximate surface area is 146 Å². The summed E-state index contributed by atoms with van der Waals surface area (Å²) in [5.41, 5.74) is 1.87. The summed E-state index contributed by atoms with van der Waals surface area (Å²) in [6, 6.07) is 20.9. The van der Waals surface area contributed by atoms with E-state index in [2.05, 4.69) is 10.6 Å². The van der Waals surface area contributed by atoms with Gasteiger partial charge in [-0.05, 0) is 34.5 Å². The minimum absolute atomic E-state index is 0.242. The van der Waals surface area contributed by atoms with E-state index in [1.54, 1.807) is 37.4 Å². The molecule has 4 nitrogen and oxygen atoms in total. The molecular formula is C21H18N2O2. The highest BCUT2D eigenvalue weighted by Crippen LogP contribution is 2.20. The van der Waals surface area contributed by atoms with Crippen LogP contribution in [0.4, 0.5) is 5.69 Å². The van der Waals surface area contributed by atoms with Gasteiger partial charge >= 0.3 is 0 Å². The van der Waals surface area contributed by atoms with E-state index < -0.39 is 0 Å². The Kier molecular flexibility index (Phi) is 4.90. The van der Waals surface area contributed by atoms with Crippen LogP contribution in [0.15, 0.2) is 72.8 Å². The van der Waals surface area contributed by atoms with Crippen LogP contribution >= 0.6 is 0 Å². The Bertz CT molecular complexity index is 956. The van der Waals surface area contributed by atoms with Crippen molar-refractivity contribution in [2.24, 2.45) is 0 Å². The summed E-state index contributed by atoms with van der Waals surface area (Å²) in [6.07, 6.45) is 3.25. The van der Waals surface area contributed by atoms with E-state index in [1.807, 2.05) is 42.5 Å². The zero-order valence-electron chi connectivity index (χ0n) is 13.8. The van der Waals surface area contributed by atoms with Crippen molar-refractivity contribution in [3.63, 3.8) is 0 Å². The van der Waals surface area contributed by atoms with Crippen LogP contribution in [0.2, 0.25) is 0 Å². The molecule has 2 amide bonds. The van der Waals surface area contributed by atoms with Crippen molar-refractivity contribution >= 4 is 34.4 Å². The fourth-order valence-electron chi connectivity index (χ4n) is 2.66. The maximum atomic E-state index is 12.3. The lowest BCUT2D eigenvalue weighted by Gasteiger charge is -2.08. The lowest BCUT2D eigenvalue weighted by atomic mass is 10.0. The third-order valence-corrected chi connectivity index (χ3v) is 3.89. The largest absolute Gasteiger partial charge is 0.355 e. The van der Waals surface area contributed by atoms with Gasteiger partial charge in [0.15, 0.2) is 0 Å². The number of hydrogen-bond donors (Lipinski definition) is 2. The topological polar surface area (TPSA) is 58.2 Å². The highest BCUT2D eigenvalue weighted by atomic mass is 16.2. The first-order valence-corrected chi connectivity index (χ1v) is 7.97. The second-order valence-corrected chi connectivity index (χ2v) is 5.52. The molecule has 124 valence electrons. The van der Waals surface area contributed by atoms with Gasteiger partial charge in [-0.3, -0.25) is 9.59 Å². The van der Waals surface area contributed by atoms with E-state index in [1.165, 1.54) is 6.08 Å². The van der Waals surface area contributed by atoms with Crippen LogP contribution < -0.4 is 10.6 Å². The molecule has 0 aliphatic heterocycles. The molecule has 0 aliphatic carbocycles. The van der Waals surface area contributed by atoms with E-state index in [9.17, 15) is 9.59 Å². The number of para-hydroxylation sites is 1. The number of benzene rings is 3. The second kappa shape index (κ2) is 7.45. The van der Waals surface area contributed by atoms with Crippen molar-refractivity contribution < 1.29 is 9.59 Å². The Morgan fingerprint density at radius 1 is 0.880 bits per heavy atom. The zero-order valence-corrected chi connectivity index (χ0v) is 13.8. The lowest BCUT2D eigenvalue weighted by molar-refractivity contribution is -0.111. The number of hydrogen-bond acceptors (Lipinski definition) is 2. The molecule has 0 spiro atoms. The Morgan fingerprint density at radius 3 is 2.44 bits per heavy atom. The average Bonchev–Trinajstić information content (AvgIpc) is 2.66. The number of rotatable bonds is 4. The molecule has 4 heteroatoms. The molecule has 25 heavy (non-hydrogen) atoms. The molecule has 3 aromatic carbocycles. The first kappa shape index (κ1) is 16.5. The summed E-state index contributed by atoms with van der Waals surface area (Å²) < 4.78 is 0. The average molecular weight is 330 g/mol. The second-order valence-electron chi connectivity index (χ2n) is 5.52. The number of nitrogens with one attached hydrogen (secondary N) is 2. The molecule has 0 unspecified atom stereocenters. The van der Waals surface area contributed by atoms with Crippen molar-refractivity contribution in [3.8, 4) is 0 Å². The summed E-state index contributed by atoms with van der Waals surface area (Å²) in [5, 5.41) is 7.53. The predicted octanol–water partition coefficient (Wildman–Crippen LogP) is 3.85. The van der Waals surface area contributed by atoms with E-state index >= 15 is 0 Å². The maximum absolute atomic E-state index is 12.3. The van der Waals surface area contributed by atoms with Gasteiger partial charge < -0.3 is 10.6 Å². The molecule has 0 atom stereocenters. The molecule has 0 heterocycles. The van der Waals surface area contributed by atoms with Crippen LogP contribution in [0.3, 0.4) is 0 Å². The van der Waals surface area contributed by atoms with Gasteiger partial charge in [0, 0.05) is 13.1 Å². The summed E-state index contributed by atoms with van der Waals surface area (Å²) in [4.78, 5) is 24.1. The number of carbonyl (C=O) groups excluding carboxylic acids is 2. The van der Waals surface area contributed by atoms with Crippen LogP contribution in [0.25, 0.3) is 16.8 Å². The quantitative estimate of drug-likeness (QED) is 0.714. The smallest absolute Gasteiger partial charge is 0.253 e. The van der Waals surface area contributed by atoms with Crippen molar-refractivity contribution in [2.45, 2.75) is 0 Å². The van der Waals surface area contributed by atoms with E-state index in [0.29, 0.717) is 11.3 Å². The number of amides is 2. The maximum Gasteiger partial charge on any atom is 0.253 e. The van der Waals surface area contributed by atoms with Crippen LogP contribution in [-0.4, -0.2) is 18.9 Å². The SMILES string of the molecule is CNC(=O)c1ccccc1NC(=O)/C=C/c1cccc2ccccc12. The van der Waals surface area contributed by atoms with E-state index in [0.717, 1.165) is 16.3 Å². The third-order valence-electron chi connectivity index (χ3n) is 3.89. The number of fused-ring (bicyclic) bond motifs is 1. The van der Waals surface area contributed by atoms with E-state index in [4.69, 9.17) is 0 Å². The fraction of sp³-hybridized carbons (Fsp3) is 0.0476. The number of carbonyl (C=O) groups is 2. The van der Waals surface area contributed by atoms with Crippen LogP contribution in [-0.2, 0) is 4.79 Å². The normalized spacial score (nSPS) is 10.8. The summed E-state index contributed by atoms with van der Waals surface area (Å²) in [6.45, 7) is 0. The summed E-state index contributed by atoms with van der Waals surface area (Å²) >= 11 is 0. The van der Waals surface area contributed by atoms with Crippen LogP contribution in [0.5, 0.6) is 0 Å². The molecule has 3 rings (SSSR count). The van der Waals surface area contributed by atoms with Gasteiger partial charge in [-0.15, -0.1) is 0 Å². The monoisotopic (exact) mass is 330 g/mol.